The van der Waals surface area contributed by atoms with Gasteiger partial charge < -0.3 is 14.5 Å². The fraction of sp³-hybridized carbons (Fsp3) is 0.321. The average molecular weight is 498 g/mol. The summed E-state index contributed by atoms with van der Waals surface area (Å²) >= 11 is 12.6. The van der Waals surface area contributed by atoms with Gasteiger partial charge in [-0.15, -0.1) is 0 Å². The monoisotopic (exact) mass is 497 g/mol. The van der Waals surface area contributed by atoms with Gasteiger partial charge in [0.05, 0.1) is 18.4 Å². The summed E-state index contributed by atoms with van der Waals surface area (Å²) in [5.41, 5.74) is 6.38. The van der Waals surface area contributed by atoms with Gasteiger partial charge >= 0.3 is 0 Å². The van der Waals surface area contributed by atoms with Gasteiger partial charge in [0, 0.05) is 45.3 Å². The van der Waals surface area contributed by atoms with E-state index >= 15 is 0 Å². The molecule has 1 heterocycles. The molecule has 1 amide bonds. The Bertz CT molecular complexity index is 1290. The maximum absolute atomic E-state index is 12.6. The number of rotatable bonds is 7. The van der Waals surface area contributed by atoms with E-state index in [0.29, 0.717) is 22.3 Å². The molecule has 0 saturated carbocycles. The normalized spacial score (nSPS) is 14.3. The minimum absolute atomic E-state index is 0.109. The summed E-state index contributed by atoms with van der Waals surface area (Å²) in [5.74, 6) is 0.575. The van der Waals surface area contributed by atoms with E-state index in [1.165, 1.54) is 18.4 Å². The number of methoxy groups -OCH3 is 1. The molecule has 2 aromatic carbocycles. The Labute approximate surface area is 210 Å². The molecule has 0 aliphatic heterocycles. The number of benzene rings is 2. The molecule has 1 aromatic heterocycles. The Balaban J connectivity index is 1.64. The van der Waals surface area contributed by atoms with Crippen molar-refractivity contribution in [2.45, 2.75) is 46.0 Å². The number of hydrogen-bond acceptors (Lipinski definition) is 3. The number of fused-ring (bicyclic) bond motifs is 1. The predicted molar refractivity (Wildman–Crippen MR) is 141 cm³/mol. The molecule has 1 aliphatic rings. The minimum Gasteiger partial charge on any atom is -0.496 e. The lowest BCUT2D eigenvalue weighted by molar-refractivity contribution is -0.116. The fourth-order valence-corrected chi connectivity index (χ4v) is 5.10. The van der Waals surface area contributed by atoms with E-state index in [1.807, 2.05) is 26.0 Å². The first-order valence-electron chi connectivity index (χ1n) is 11.6. The van der Waals surface area contributed by atoms with Gasteiger partial charge in [0.1, 0.15) is 11.3 Å². The molecule has 0 fully saturated rings. The quantitative estimate of drug-likeness (QED) is 0.264. The molecular formula is C28H29Cl2NO3. The zero-order valence-electron chi connectivity index (χ0n) is 19.8. The van der Waals surface area contributed by atoms with Crippen molar-refractivity contribution in [1.29, 1.82) is 0 Å². The van der Waals surface area contributed by atoms with Crippen molar-refractivity contribution in [3.8, 4) is 16.9 Å². The van der Waals surface area contributed by atoms with Crippen LogP contribution in [0.2, 0.25) is 10.0 Å². The maximum atomic E-state index is 12.6. The lowest BCUT2D eigenvalue weighted by Gasteiger charge is -2.14. The highest BCUT2D eigenvalue weighted by Gasteiger charge is 2.20. The van der Waals surface area contributed by atoms with Gasteiger partial charge in [-0.05, 0) is 69.7 Å². The number of furan rings is 1. The number of nitrogens with one attached hydrogen (secondary N) is 1. The SMILES string of the molecule is COc1c(/C(C)=C/C(=O)NCCC2=CCCCC2)cc2c(-c3ccc(Cl)cc3Cl)coc2c1C. The Kier molecular flexibility index (Phi) is 7.70. The Morgan fingerprint density at radius 2 is 2.03 bits per heavy atom. The van der Waals surface area contributed by atoms with Gasteiger partial charge in [-0.3, -0.25) is 4.79 Å². The van der Waals surface area contributed by atoms with Crippen molar-refractivity contribution < 1.29 is 13.9 Å². The molecule has 0 saturated heterocycles. The van der Waals surface area contributed by atoms with Crippen molar-refractivity contribution in [2.24, 2.45) is 0 Å². The molecule has 0 radical (unpaired) electrons. The first kappa shape index (κ1) is 24.4. The van der Waals surface area contributed by atoms with Gasteiger partial charge in [-0.1, -0.05) is 40.9 Å². The summed E-state index contributed by atoms with van der Waals surface area (Å²) < 4.78 is 11.6. The zero-order valence-corrected chi connectivity index (χ0v) is 21.3. The molecule has 0 spiro atoms. The Morgan fingerprint density at radius 3 is 2.74 bits per heavy atom. The highest BCUT2D eigenvalue weighted by atomic mass is 35.5. The van der Waals surface area contributed by atoms with Crippen LogP contribution < -0.4 is 10.1 Å². The molecule has 0 bridgehead atoms. The highest BCUT2D eigenvalue weighted by Crippen LogP contribution is 2.42. The molecule has 4 nitrogen and oxygen atoms in total. The lowest BCUT2D eigenvalue weighted by Crippen LogP contribution is -2.23. The van der Waals surface area contributed by atoms with Crippen molar-refractivity contribution in [3.63, 3.8) is 0 Å². The largest absolute Gasteiger partial charge is 0.496 e. The van der Waals surface area contributed by atoms with Crippen LogP contribution >= 0.6 is 23.2 Å². The van der Waals surface area contributed by atoms with Crippen LogP contribution in [0.1, 0.15) is 50.2 Å². The van der Waals surface area contributed by atoms with Crippen LogP contribution in [0.3, 0.4) is 0 Å². The fourth-order valence-electron chi connectivity index (χ4n) is 4.59. The standard InChI is InChI=1S/C28H29Cl2NO3/c1-17(13-26(32)31-12-11-19-7-5-4-6-8-19)22-15-23-24(21-10-9-20(29)14-25(21)30)16-34-28(23)18(2)27(22)33-3/h7,9-10,13-16H,4-6,8,11-12H2,1-3H3,(H,31,32)/b17-13+. The van der Waals surface area contributed by atoms with Gasteiger partial charge in [0.25, 0.3) is 0 Å². The van der Waals surface area contributed by atoms with E-state index in [0.717, 1.165) is 58.1 Å². The van der Waals surface area contributed by atoms with E-state index in [2.05, 4.69) is 11.4 Å². The molecule has 0 unspecified atom stereocenters. The molecule has 6 heteroatoms. The topological polar surface area (TPSA) is 51.5 Å². The smallest absolute Gasteiger partial charge is 0.244 e. The Morgan fingerprint density at radius 1 is 1.21 bits per heavy atom. The van der Waals surface area contributed by atoms with Crippen LogP contribution in [0.25, 0.3) is 27.7 Å². The van der Waals surface area contributed by atoms with Crippen LogP contribution in [-0.4, -0.2) is 19.6 Å². The summed E-state index contributed by atoms with van der Waals surface area (Å²) in [7, 11) is 1.63. The van der Waals surface area contributed by atoms with Crippen LogP contribution in [-0.2, 0) is 4.79 Å². The summed E-state index contributed by atoms with van der Waals surface area (Å²) in [5, 5.41) is 5.04. The van der Waals surface area contributed by atoms with E-state index in [-0.39, 0.29) is 5.91 Å². The Hall–Kier alpha value is -2.69. The number of halogens is 2. The van der Waals surface area contributed by atoms with Gasteiger partial charge in [-0.25, -0.2) is 0 Å². The third-order valence-corrected chi connectivity index (χ3v) is 6.92. The van der Waals surface area contributed by atoms with Gasteiger partial charge in [0.2, 0.25) is 5.91 Å². The number of allylic oxidation sites excluding steroid dienone is 2. The second-order valence-electron chi connectivity index (χ2n) is 8.71. The molecule has 1 N–H and O–H groups in total. The van der Waals surface area contributed by atoms with Crippen LogP contribution in [0.5, 0.6) is 5.75 Å². The number of ether oxygens (including phenoxy) is 1. The van der Waals surface area contributed by atoms with Gasteiger partial charge in [0.15, 0.2) is 0 Å². The van der Waals surface area contributed by atoms with Crippen molar-refractivity contribution in [2.75, 3.05) is 13.7 Å². The zero-order chi connectivity index (χ0) is 24.2. The van der Waals surface area contributed by atoms with Crippen molar-refractivity contribution in [1.82, 2.24) is 5.32 Å². The third-order valence-electron chi connectivity index (χ3n) is 6.37. The van der Waals surface area contributed by atoms with Crippen molar-refractivity contribution in [3.05, 3.63) is 69.4 Å². The lowest BCUT2D eigenvalue weighted by atomic mass is 9.96. The third kappa shape index (κ3) is 5.18. The van der Waals surface area contributed by atoms with Crippen molar-refractivity contribution >= 4 is 45.7 Å². The number of amides is 1. The second kappa shape index (κ2) is 10.7. The molecule has 3 aromatic rings. The molecule has 178 valence electrons. The minimum atomic E-state index is -0.109. The maximum Gasteiger partial charge on any atom is 0.244 e. The average Bonchev–Trinajstić information content (AvgIpc) is 3.23. The van der Waals surface area contributed by atoms with Crippen LogP contribution in [0.15, 0.2) is 52.7 Å². The molecule has 0 atom stereocenters. The summed E-state index contributed by atoms with van der Waals surface area (Å²) in [6, 6.07) is 7.40. The molecule has 1 aliphatic carbocycles. The van der Waals surface area contributed by atoms with E-state index in [9.17, 15) is 4.79 Å². The van der Waals surface area contributed by atoms with Crippen LogP contribution in [0.4, 0.5) is 0 Å². The number of hydrogen-bond donors (Lipinski definition) is 1. The number of aryl methyl sites for hydroxylation is 1. The summed E-state index contributed by atoms with van der Waals surface area (Å²) in [6.07, 6.45) is 11.4. The predicted octanol–water partition coefficient (Wildman–Crippen LogP) is 8.13. The van der Waals surface area contributed by atoms with E-state index in [1.54, 1.807) is 31.6 Å². The number of carbonyl (C=O) groups excluding carboxylic acids is 1. The second-order valence-corrected chi connectivity index (χ2v) is 9.55. The summed E-state index contributed by atoms with van der Waals surface area (Å²) in [6.45, 7) is 4.51. The van der Waals surface area contributed by atoms with E-state index < -0.39 is 0 Å². The van der Waals surface area contributed by atoms with Crippen LogP contribution in [0, 0.1) is 6.92 Å². The summed E-state index contributed by atoms with van der Waals surface area (Å²) in [4.78, 5) is 12.6. The first-order valence-corrected chi connectivity index (χ1v) is 12.3. The first-order chi connectivity index (χ1) is 16.4. The number of carbonyl (C=O) groups is 1. The molecule has 4 rings (SSSR count). The van der Waals surface area contributed by atoms with Gasteiger partial charge in [-0.2, -0.15) is 0 Å². The molecule has 34 heavy (non-hydrogen) atoms. The van der Waals surface area contributed by atoms with E-state index in [4.69, 9.17) is 32.4 Å². The highest BCUT2D eigenvalue weighted by molar-refractivity contribution is 6.36. The molecular weight excluding hydrogens is 469 g/mol.